The highest BCUT2D eigenvalue weighted by molar-refractivity contribution is 5.97. The molecule has 2 N–H and O–H groups in total. The number of hydrogen-bond acceptors (Lipinski definition) is 3. The Morgan fingerprint density at radius 3 is 2.57 bits per heavy atom. The standard InChI is InChI=1S/C19H19F4N3O2/c1-12-15(20)9-13(18(28)25-11-19(21,22)23)10-16(12)26-17(27)7-4-6-14-5-2-3-8-24-14/h2-3,5,8-10H,4,6-7,11H2,1H3,(H,25,28)(H,26,27). The Morgan fingerprint density at radius 1 is 1.18 bits per heavy atom. The summed E-state index contributed by atoms with van der Waals surface area (Å²) in [6, 6.07) is 7.44. The van der Waals surface area contributed by atoms with E-state index in [1.165, 1.54) is 6.92 Å². The molecule has 0 bridgehead atoms. The minimum absolute atomic E-state index is 0.0417. The van der Waals surface area contributed by atoms with E-state index in [0.717, 1.165) is 17.8 Å². The molecule has 0 fully saturated rings. The summed E-state index contributed by atoms with van der Waals surface area (Å²) in [6.45, 7) is -0.132. The van der Waals surface area contributed by atoms with E-state index in [-0.39, 0.29) is 23.2 Å². The number of hydrogen-bond donors (Lipinski definition) is 2. The number of nitrogens with zero attached hydrogens (tertiary/aromatic N) is 1. The number of carbonyl (C=O) groups excluding carboxylic acids is 2. The molecule has 0 aliphatic rings. The van der Waals surface area contributed by atoms with Gasteiger partial charge in [0.05, 0.1) is 0 Å². The highest BCUT2D eigenvalue weighted by Crippen LogP contribution is 2.22. The molecule has 0 radical (unpaired) electrons. The summed E-state index contributed by atoms with van der Waals surface area (Å²) in [7, 11) is 0. The number of rotatable bonds is 7. The predicted molar refractivity (Wildman–Crippen MR) is 95.3 cm³/mol. The van der Waals surface area contributed by atoms with Gasteiger partial charge in [0.2, 0.25) is 5.91 Å². The first-order valence-corrected chi connectivity index (χ1v) is 8.50. The number of halogens is 4. The van der Waals surface area contributed by atoms with E-state index < -0.39 is 30.4 Å². The largest absolute Gasteiger partial charge is 0.405 e. The van der Waals surface area contributed by atoms with E-state index in [4.69, 9.17) is 0 Å². The predicted octanol–water partition coefficient (Wildman–Crippen LogP) is 3.78. The van der Waals surface area contributed by atoms with Crippen LogP contribution in [0.4, 0.5) is 23.2 Å². The monoisotopic (exact) mass is 397 g/mol. The fourth-order valence-corrected chi connectivity index (χ4v) is 2.41. The van der Waals surface area contributed by atoms with E-state index in [1.807, 2.05) is 12.1 Å². The normalized spacial score (nSPS) is 11.2. The van der Waals surface area contributed by atoms with Gasteiger partial charge < -0.3 is 10.6 Å². The Balaban J connectivity index is 1.98. The summed E-state index contributed by atoms with van der Waals surface area (Å²) in [5.41, 5.74) is 0.655. The minimum atomic E-state index is -4.58. The molecule has 150 valence electrons. The van der Waals surface area contributed by atoms with Gasteiger partial charge in [-0.1, -0.05) is 6.07 Å². The van der Waals surface area contributed by atoms with E-state index in [9.17, 15) is 27.2 Å². The summed E-state index contributed by atoms with van der Waals surface area (Å²) >= 11 is 0. The third-order valence-electron chi connectivity index (χ3n) is 3.89. The number of pyridine rings is 1. The van der Waals surface area contributed by atoms with E-state index in [0.29, 0.717) is 12.8 Å². The molecule has 0 spiro atoms. The maximum Gasteiger partial charge on any atom is 0.405 e. The molecule has 2 amide bonds. The van der Waals surface area contributed by atoms with Crippen LogP contribution in [0.25, 0.3) is 0 Å². The molecule has 0 aliphatic carbocycles. The van der Waals surface area contributed by atoms with Crippen molar-refractivity contribution in [2.75, 3.05) is 11.9 Å². The molecule has 0 aliphatic heterocycles. The van der Waals surface area contributed by atoms with Gasteiger partial charge in [-0.15, -0.1) is 0 Å². The molecule has 0 saturated heterocycles. The van der Waals surface area contributed by atoms with Crippen molar-refractivity contribution in [1.29, 1.82) is 0 Å². The van der Waals surface area contributed by atoms with Gasteiger partial charge in [0.25, 0.3) is 5.91 Å². The number of benzene rings is 1. The van der Waals surface area contributed by atoms with Gasteiger partial charge in [-0.05, 0) is 44.0 Å². The lowest BCUT2D eigenvalue weighted by molar-refractivity contribution is -0.123. The average Bonchev–Trinajstić information content (AvgIpc) is 2.63. The smallest absolute Gasteiger partial charge is 0.343 e. The molecule has 9 heteroatoms. The Bertz CT molecular complexity index is 839. The van der Waals surface area contributed by atoms with Gasteiger partial charge in [0.15, 0.2) is 0 Å². The van der Waals surface area contributed by atoms with Crippen LogP contribution in [0.3, 0.4) is 0 Å². The van der Waals surface area contributed by atoms with Gasteiger partial charge in [0.1, 0.15) is 12.4 Å². The van der Waals surface area contributed by atoms with Crippen LogP contribution >= 0.6 is 0 Å². The number of carbonyl (C=O) groups is 2. The Kier molecular flexibility index (Phi) is 7.08. The zero-order valence-electron chi connectivity index (χ0n) is 15.1. The minimum Gasteiger partial charge on any atom is -0.343 e. The van der Waals surface area contributed by atoms with Gasteiger partial charge in [0, 0.05) is 35.1 Å². The van der Waals surface area contributed by atoms with Crippen molar-refractivity contribution in [2.24, 2.45) is 0 Å². The molecule has 2 rings (SSSR count). The summed E-state index contributed by atoms with van der Waals surface area (Å²) in [5.74, 6) is -2.28. The maximum atomic E-state index is 14.0. The maximum absolute atomic E-state index is 14.0. The van der Waals surface area contributed by atoms with Crippen LogP contribution in [0.2, 0.25) is 0 Å². The van der Waals surface area contributed by atoms with Crippen molar-refractivity contribution >= 4 is 17.5 Å². The first-order chi connectivity index (χ1) is 13.2. The number of nitrogens with one attached hydrogen (secondary N) is 2. The van der Waals surface area contributed by atoms with Crippen molar-refractivity contribution < 1.29 is 27.2 Å². The lowest BCUT2D eigenvalue weighted by Gasteiger charge is -2.13. The van der Waals surface area contributed by atoms with Crippen LogP contribution in [-0.4, -0.2) is 29.5 Å². The van der Waals surface area contributed by atoms with Crippen molar-refractivity contribution in [3.8, 4) is 0 Å². The summed E-state index contributed by atoms with van der Waals surface area (Å²) < 4.78 is 50.7. The number of amides is 2. The fraction of sp³-hybridized carbons (Fsp3) is 0.316. The van der Waals surface area contributed by atoms with Crippen molar-refractivity contribution in [3.63, 3.8) is 0 Å². The van der Waals surface area contributed by atoms with Crippen LogP contribution in [0, 0.1) is 12.7 Å². The second-order valence-electron chi connectivity index (χ2n) is 6.15. The SMILES string of the molecule is Cc1c(F)cc(C(=O)NCC(F)(F)F)cc1NC(=O)CCCc1ccccn1. The molecule has 1 aromatic carbocycles. The first-order valence-electron chi connectivity index (χ1n) is 8.50. The summed E-state index contributed by atoms with van der Waals surface area (Å²) in [4.78, 5) is 28.1. The van der Waals surface area contributed by atoms with Crippen molar-refractivity contribution in [3.05, 3.63) is 59.2 Å². The van der Waals surface area contributed by atoms with Gasteiger partial charge in [-0.25, -0.2) is 4.39 Å². The molecule has 2 aromatic rings. The van der Waals surface area contributed by atoms with Gasteiger partial charge >= 0.3 is 6.18 Å². The highest BCUT2D eigenvalue weighted by Gasteiger charge is 2.28. The van der Waals surface area contributed by atoms with Crippen LogP contribution in [0.5, 0.6) is 0 Å². The third kappa shape index (κ3) is 6.64. The van der Waals surface area contributed by atoms with Crippen LogP contribution in [-0.2, 0) is 11.2 Å². The zero-order valence-corrected chi connectivity index (χ0v) is 15.1. The van der Waals surface area contributed by atoms with E-state index in [2.05, 4.69) is 10.3 Å². The van der Waals surface area contributed by atoms with Crippen LogP contribution in [0.15, 0.2) is 36.5 Å². The van der Waals surface area contributed by atoms with Gasteiger partial charge in [-0.2, -0.15) is 13.2 Å². The van der Waals surface area contributed by atoms with Crippen molar-refractivity contribution in [1.82, 2.24) is 10.3 Å². The lowest BCUT2D eigenvalue weighted by atomic mass is 10.1. The molecule has 0 atom stereocenters. The molecular weight excluding hydrogens is 378 g/mol. The third-order valence-corrected chi connectivity index (χ3v) is 3.89. The Labute approximate surface area is 159 Å². The summed E-state index contributed by atoms with van der Waals surface area (Å²) in [6.07, 6.45) is -1.69. The topological polar surface area (TPSA) is 71.1 Å². The number of anilines is 1. The zero-order chi connectivity index (χ0) is 20.7. The Morgan fingerprint density at radius 2 is 1.93 bits per heavy atom. The second-order valence-corrected chi connectivity index (χ2v) is 6.15. The number of aromatic nitrogens is 1. The summed E-state index contributed by atoms with van der Waals surface area (Å²) in [5, 5.41) is 4.17. The Hall–Kier alpha value is -2.97. The molecule has 5 nitrogen and oxygen atoms in total. The van der Waals surface area contributed by atoms with Gasteiger partial charge in [-0.3, -0.25) is 14.6 Å². The molecular formula is C19H19F4N3O2. The molecule has 0 unspecified atom stereocenters. The second kappa shape index (κ2) is 9.29. The molecule has 28 heavy (non-hydrogen) atoms. The van der Waals surface area contributed by atoms with E-state index in [1.54, 1.807) is 17.6 Å². The lowest BCUT2D eigenvalue weighted by Crippen LogP contribution is -2.33. The first kappa shape index (κ1) is 21.3. The molecule has 1 aromatic heterocycles. The molecule has 1 heterocycles. The highest BCUT2D eigenvalue weighted by atomic mass is 19.4. The van der Waals surface area contributed by atoms with Crippen molar-refractivity contribution in [2.45, 2.75) is 32.4 Å². The van der Waals surface area contributed by atoms with Crippen LogP contribution < -0.4 is 10.6 Å². The van der Waals surface area contributed by atoms with E-state index >= 15 is 0 Å². The van der Waals surface area contributed by atoms with Crippen LogP contribution in [0.1, 0.15) is 34.5 Å². The number of alkyl halides is 3. The quantitative estimate of drug-likeness (QED) is 0.699. The molecule has 0 saturated carbocycles. The number of aryl methyl sites for hydroxylation is 1. The fourth-order valence-electron chi connectivity index (χ4n) is 2.41. The average molecular weight is 397 g/mol.